The van der Waals surface area contributed by atoms with Crippen molar-refractivity contribution in [2.24, 2.45) is 7.05 Å². The quantitative estimate of drug-likeness (QED) is 0.607. The molecule has 3 N–H and O–H groups in total. The number of hydrogen-bond acceptors (Lipinski definition) is 4. The van der Waals surface area contributed by atoms with E-state index in [9.17, 15) is 18.0 Å². The average Bonchev–Trinajstić information content (AvgIpc) is 3.03. The van der Waals surface area contributed by atoms with Crippen molar-refractivity contribution >= 4 is 34.3 Å². The van der Waals surface area contributed by atoms with Gasteiger partial charge in [0.2, 0.25) is 0 Å². The summed E-state index contributed by atoms with van der Waals surface area (Å²) in [7, 11) is 1.85. The molecule has 0 spiro atoms. The Morgan fingerprint density at radius 1 is 1.07 bits per heavy atom. The summed E-state index contributed by atoms with van der Waals surface area (Å²) < 4.78 is 39.9. The van der Waals surface area contributed by atoms with Crippen LogP contribution in [0.3, 0.4) is 0 Å². The lowest BCUT2D eigenvalue weighted by Gasteiger charge is -2.28. The summed E-state index contributed by atoms with van der Waals surface area (Å²) in [6.45, 7) is 3.47. The van der Waals surface area contributed by atoms with E-state index >= 15 is 0 Å². The van der Waals surface area contributed by atoms with Gasteiger partial charge in [0.05, 0.1) is 16.8 Å². The molecule has 1 aliphatic rings. The summed E-state index contributed by atoms with van der Waals surface area (Å²) in [6, 6.07) is 7.64. The van der Waals surface area contributed by atoms with Gasteiger partial charge < -0.3 is 25.4 Å². The van der Waals surface area contributed by atoms with Crippen LogP contribution in [0.25, 0.3) is 11.0 Å². The van der Waals surface area contributed by atoms with E-state index in [1.807, 2.05) is 23.7 Å². The molecule has 2 aromatic heterocycles. The van der Waals surface area contributed by atoms with Crippen LogP contribution in [0.5, 0.6) is 0 Å². The number of fused-ring (bicyclic) bond motifs is 1. The van der Waals surface area contributed by atoms with Gasteiger partial charge in [0, 0.05) is 45.1 Å². The first kappa shape index (κ1) is 20.0. The Balaban J connectivity index is 1.51. The molecule has 0 radical (unpaired) electrons. The molecule has 30 heavy (non-hydrogen) atoms. The minimum atomic E-state index is -4.42. The summed E-state index contributed by atoms with van der Waals surface area (Å²) in [4.78, 5) is 19.3. The Hall–Kier alpha value is -3.27. The maximum Gasteiger partial charge on any atom is 0.416 e. The van der Waals surface area contributed by atoms with Gasteiger partial charge in [-0.25, -0.2) is 9.78 Å². The number of anilines is 3. The molecular formula is C20H21F3N6O. The average molecular weight is 418 g/mol. The fraction of sp³-hybridized carbons (Fsp3) is 0.300. The van der Waals surface area contributed by atoms with Crippen LogP contribution in [0, 0.1) is 0 Å². The highest BCUT2D eigenvalue weighted by atomic mass is 19.4. The normalized spacial score (nSPS) is 14.7. The Morgan fingerprint density at radius 3 is 2.43 bits per heavy atom. The third-order valence-corrected chi connectivity index (χ3v) is 4.98. The van der Waals surface area contributed by atoms with E-state index in [1.165, 1.54) is 12.1 Å². The standard InChI is InChI=1S/C20H21F3N6O/c1-28-12-15(18-16(28)6-7-17(27-18)29-10-8-24-9-11-29)26-19(30)25-14-4-2-13(3-5-14)20(21,22)23/h2-7,12,24H,8-11H2,1H3,(H2,25,26,30). The highest BCUT2D eigenvalue weighted by Crippen LogP contribution is 2.30. The molecule has 1 aromatic carbocycles. The van der Waals surface area contributed by atoms with Crippen molar-refractivity contribution in [2.45, 2.75) is 6.18 Å². The van der Waals surface area contributed by atoms with Crippen molar-refractivity contribution in [2.75, 3.05) is 41.7 Å². The molecule has 0 unspecified atom stereocenters. The third-order valence-electron chi connectivity index (χ3n) is 4.98. The molecular weight excluding hydrogens is 397 g/mol. The number of benzene rings is 1. The predicted octanol–water partition coefficient (Wildman–Crippen LogP) is 3.65. The van der Waals surface area contributed by atoms with Gasteiger partial charge in [-0.05, 0) is 36.4 Å². The van der Waals surface area contributed by atoms with Gasteiger partial charge in [0.1, 0.15) is 11.3 Å². The zero-order valence-electron chi connectivity index (χ0n) is 16.3. The first-order valence-electron chi connectivity index (χ1n) is 9.48. The highest BCUT2D eigenvalue weighted by molar-refractivity contribution is 6.05. The van der Waals surface area contributed by atoms with Gasteiger partial charge in [-0.15, -0.1) is 0 Å². The lowest BCUT2D eigenvalue weighted by atomic mass is 10.2. The molecule has 10 heteroatoms. The van der Waals surface area contributed by atoms with E-state index in [2.05, 4.69) is 20.9 Å². The van der Waals surface area contributed by atoms with Crippen LogP contribution in [-0.4, -0.2) is 41.8 Å². The minimum Gasteiger partial charge on any atom is -0.354 e. The van der Waals surface area contributed by atoms with Crippen LogP contribution in [0.2, 0.25) is 0 Å². The van der Waals surface area contributed by atoms with Gasteiger partial charge in [0.25, 0.3) is 0 Å². The number of pyridine rings is 1. The number of piperazine rings is 1. The SMILES string of the molecule is Cn1cc(NC(=O)Nc2ccc(C(F)(F)F)cc2)c2nc(N3CCNCC3)ccc21. The number of carbonyl (C=O) groups excluding carboxylic acids is 1. The molecule has 2 amide bonds. The van der Waals surface area contributed by atoms with Crippen LogP contribution in [0.1, 0.15) is 5.56 Å². The van der Waals surface area contributed by atoms with Crippen molar-refractivity contribution in [3.05, 3.63) is 48.2 Å². The predicted molar refractivity (Wildman–Crippen MR) is 110 cm³/mol. The zero-order chi connectivity index (χ0) is 21.3. The number of carbonyl (C=O) groups is 1. The molecule has 1 saturated heterocycles. The van der Waals surface area contributed by atoms with Gasteiger partial charge in [-0.1, -0.05) is 0 Å². The topological polar surface area (TPSA) is 74.2 Å². The van der Waals surface area contributed by atoms with Crippen molar-refractivity contribution < 1.29 is 18.0 Å². The van der Waals surface area contributed by atoms with Crippen molar-refractivity contribution in [3.8, 4) is 0 Å². The maximum absolute atomic E-state index is 12.7. The van der Waals surface area contributed by atoms with Crippen molar-refractivity contribution in [1.29, 1.82) is 0 Å². The molecule has 3 aromatic rings. The summed E-state index contributed by atoms with van der Waals surface area (Å²) in [6.07, 6.45) is -2.66. The molecule has 4 rings (SSSR count). The van der Waals surface area contributed by atoms with Crippen LogP contribution in [0.4, 0.5) is 35.2 Å². The smallest absolute Gasteiger partial charge is 0.354 e. The maximum atomic E-state index is 12.7. The highest BCUT2D eigenvalue weighted by Gasteiger charge is 2.30. The number of rotatable bonds is 3. The number of aryl methyl sites for hydroxylation is 1. The monoisotopic (exact) mass is 418 g/mol. The molecule has 3 heterocycles. The lowest BCUT2D eigenvalue weighted by Crippen LogP contribution is -2.43. The first-order chi connectivity index (χ1) is 14.3. The van der Waals surface area contributed by atoms with Crippen LogP contribution in [0.15, 0.2) is 42.6 Å². The largest absolute Gasteiger partial charge is 0.416 e. The molecule has 7 nitrogen and oxygen atoms in total. The number of hydrogen-bond donors (Lipinski definition) is 3. The van der Waals surface area contributed by atoms with E-state index in [0.29, 0.717) is 11.2 Å². The molecule has 0 bridgehead atoms. The minimum absolute atomic E-state index is 0.259. The number of nitrogens with one attached hydrogen (secondary N) is 3. The van der Waals surface area contributed by atoms with E-state index in [4.69, 9.17) is 4.98 Å². The van der Waals surface area contributed by atoms with Crippen molar-refractivity contribution in [1.82, 2.24) is 14.9 Å². The van der Waals surface area contributed by atoms with Crippen molar-refractivity contribution in [3.63, 3.8) is 0 Å². The van der Waals surface area contributed by atoms with Crippen LogP contribution < -0.4 is 20.9 Å². The number of urea groups is 1. The first-order valence-corrected chi connectivity index (χ1v) is 9.48. The fourth-order valence-electron chi connectivity index (χ4n) is 3.44. The summed E-state index contributed by atoms with van der Waals surface area (Å²) >= 11 is 0. The molecule has 0 saturated carbocycles. The Labute approximate surface area is 170 Å². The Morgan fingerprint density at radius 2 is 1.77 bits per heavy atom. The van der Waals surface area contributed by atoms with E-state index in [0.717, 1.165) is 49.6 Å². The number of aromatic nitrogens is 2. The molecule has 1 fully saturated rings. The molecule has 0 aliphatic carbocycles. The van der Waals surface area contributed by atoms with Gasteiger partial charge >= 0.3 is 12.2 Å². The number of amides is 2. The number of alkyl halides is 3. The summed E-state index contributed by atoms with van der Waals surface area (Å²) in [5.74, 6) is 0.835. The van der Waals surface area contributed by atoms with Gasteiger partial charge in [-0.2, -0.15) is 13.2 Å². The fourth-order valence-corrected chi connectivity index (χ4v) is 3.44. The summed E-state index contributed by atoms with van der Waals surface area (Å²) in [5.41, 5.74) is 1.52. The second-order valence-corrected chi connectivity index (χ2v) is 7.08. The molecule has 1 aliphatic heterocycles. The second-order valence-electron chi connectivity index (χ2n) is 7.08. The van der Waals surface area contributed by atoms with Gasteiger partial charge in [-0.3, -0.25) is 0 Å². The third kappa shape index (κ3) is 4.18. The Kier molecular flexibility index (Phi) is 5.25. The van der Waals surface area contributed by atoms with Crippen LogP contribution in [-0.2, 0) is 13.2 Å². The molecule has 0 atom stereocenters. The second kappa shape index (κ2) is 7.86. The lowest BCUT2D eigenvalue weighted by molar-refractivity contribution is -0.137. The van der Waals surface area contributed by atoms with E-state index < -0.39 is 17.8 Å². The number of nitrogens with zero attached hydrogens (tertiary/aromatic N) is 3. The zero-order valence-corrected chi connectivity index (χ0v) is 16.3. The van der Waals surface area contributed by atoms with E-state index in [1.54, 1.807) is 6.20 Å². The number of halogens is 3. The van der Waals surface area contributed by atoms with Gasteiger partial charge in [0.15, 0.2) is 0 Å². The Bertz CT molecular complexity index is 1050. The summed E-state index contributed by atoms with van der Waals surface area (Å²) in [5, 5.41) is 8.59. The van der Waals surface area contributed by atoms with Crippen LogP contribution >= 0.6 is 0 Å². The molecule has 158 valence electrons. The van der Waals surface area contributed by atoms with E-state index in [-0.39, 0.29) is 5.69 Å².